The van der Waals surface area contributed by atoms with Crippen molar-refractivity contribution in [2.75, 3.05) is 12.0 Å². The van der Waals surface area contributed by atoms with Crippen LogP contribution in [0.25, 0.3) is 0 Å². The molecule has 0 bridgehead atoms. The average molecular weight is 215 g/mol. The molecule has 0 saturated carbocycles. The van der Waals surface area contributed by atoms with Gasteiger partial charge < -0.3 is 10.8 Å². The van der Waals surface area contributed by atoms with Crippen LogP contribution < -0.4 is 5.73 Å². The second-order valence-corrected chi connectivity index (χ2v) is 2.71. The van der Waals surface area contributed by atoms with Gasteiger partial charge in [0.25, 0.3) is 0 Å². The van der Waals surface area contributed by atoms with Gasteiger partial charge in [0.15, 0.2) is 0 Å². The first-order chi connectivity index (χ1) is 4.18. The van der Waals surface area contributed by atoms with Gasteiger partial charge in [-0.25, -0.2) is 0 Å². The van der Waals surface area contributed by atoms with E-state index in [1.165, 1.54) is 0 Å². The van der Waals surface area contributed by atoms with Crippen LogP contribution in [0.5, 0.6) is 0 Å². The fraction of sp³-hybridized carbons (Fsp3) is 0.800. The van der Waals surface area contributed by atoms with Crippen LogP contribution in [0.1, 0.15) is 6.42 Å². The summed E-state index contributed by atoms with van der Waals surface area (Å²) >= 11 is 1.60. The molecule has 0 aromatic rings. The van der Waals surface area contributed by atoms with Crippen LogP contribution in [0.2, 0.25) is 0 Å². The van der Waals surface area contributed by atoms with Gasteiger partial charge in [-0.3, -0.25) is 4.79 Å². The van der Waals surface area contributed by atoms with Crippen LogP contribution >= 0.6 is 11.8 Å². The molecule has 0 saturated heterocycles. The molecule has 0 radical (unpaired) electrons. The molecule has 0 heterocycles. The summed E-state index contributed by atoms with van der Waals surface area (Å²) in [6, 6.07) is -0.683. The van der Waals surface area contributed by atoms with Crippen LogP contribution in [0.4, 0.5) is 0 Å². The third-order valence-corrected chi connectivity index (χ3v) is 1.59. The van der Waals surface area contributed by atoms with Gasteiger partial charge in [-0.15, -0.1) is 0 Å². The fourth-order valence-corrected chi connectivity index (χ4v) is 0.858. The summed E-state index contributed by atoms with van der Waals surface area (Å²) in [6.07, 6.45) is 2.48. The zero-order valence-corrected chi connectivity index (χ0v) is 9.82. The van der Waals surface area contributed by atoms with Crippen LogP contribution in [0, 0.1) is 0 Å². The maximum absolute atomic E-state index is 10.1. The molecule has 0 aromatic carbocycles. The van der Waals surface area contributed by atoms with Crippen molar-refractivity contribution >= 4 is 17.7 Å². The molecule has 0 fully saturated rings. The Kier molecular flexibility index (Phi) is 9.78. The maximum atomic E-state index is 10.1. The molecular weight excluding hydrogens is 204 g/mol. The molecule has 10 heavy (non-hydrogen) atoms. The number of carboxylic acids is 1. The minimum Gasteiger partial charge on any atom is -0.480 e. The molecular formula is C5H11NO2SZn+2. The molecule has 5 heteroatoms. The van der Waals surface area contributed by atoms with Gasteiger partial charge in [0.1, 0.15) is 6.04 Å². The Hall–Kier alpha value is 0.403. The smallest absolute Gasteiger partial charge is 0.480 e. The van der Waals surface area contributed by atoms with E-state index in [0.717, 1.165) is 5.75 Å². The van der Waals surface area contributed by atoms with E-state index < -0.39 is 12.0 Å². The number of carbonyl (C=O) groups is 1. The third kappa shape index (κ3) is 6.52. The minimum atomic E-state index is -0.913. The summed E-state index contributed by atoms with van der Waals surface area (Å²) < 4.78 is 0. The zero-order chi connectivity index (χ0) is 7.28. The van der Waals surface area contributed by atoms with Gasteiger partial charge in [0.2, 0.25) is 0 Å². The topological polar surface area (TPSA) is 63.3 Å². The molecule has 0 aliphatic heterocycles. The zero-order valence-electron chi connectivity index (χ0n) is 6.04. The third-order valence-electron chi connectivity index (χ3n) is 0.950. The van der Waals surface area contributed by atoms with E-state index in [0.29, 0.717) is 6.42 Å². The van der Waals surface area contributed by atoms with Crippen LogP contribution in [-0.4, -0.2) is 29.1 Å². The first-order valence-corrected chi connectivity index (χ1v) is 4.05. The molecule has 0 spiro atoms. The molecule has 1 atom stereocenters. The molecule has 0 amide bonds. The first kappa shape index (κ1) is 13.0. The van der Waals surface area contributed by atoms with Gasteiger partial charge in [-0.05, 0) is 18.4 Å². The molecule has 0 aromatic heterocycles. The summed E-state index contributed by atoms with van der Waals surface area (Å²) in [5.74, 6) is -0.1000. The second kappa shape index (κ2) is 7.51. The summed E-state index contributed by atoms with van der Waals surface area (Å²) in [6.45, 7) is 0. The van der Waals surface area contributed by atoms with E-state index in [-0.39, 0.29) is 19.5 Å². The van der Waals surface area contributed by atoms with E-state index in [4.69, 9.17) is 10.8 Å². The number of carboxylic acid groups (broad SMARTS) is 1. The van der Waals surface area contributed by atoms with Crippen molar-refractivity contribution in [3.8, 4) is 0 Å². The molecule has 0 rings (SSSR count). The van der Waals surface area contributed by atoms with Gasteiger partial charge in [-0.1, -0.05) is 0 Å². The van der Waals surface area contributed by atoms with Crippen LogP contribution in [-0.2, 0) is 24.3 Å². The molecule has 54 valence electrons. The molecule has 3 N–H and O–H groups in total. The van der Waals surface area contributed by atoms with Crippen molar-refractivity contribution in [1.82, 2.24) is 0 Å². The van der Waals surface area contributed by atoms with E-state index >= 15 is 0 Å². The van der Waals surface area contributed by atoms with Crippen molar-refractivity contribution in [3.05, 3.63) is 0 Å². The van der Waals surface area contributed by atoms with Gasteiger partial charge in [0, 0.05) is 0 Å². The Bertz CT molecular complexity index is 102. The summed E-state index contributed by atoms with van der Waals surface area (Å²) in [5, 5.41) is 8.27. The fourth-order valence-electron chi connectivity index (χ4n) is 0.368. The normalized spacial score (nSPS) is 11.8. The molecule has 0 aliphatic rings. The number of rotatable bonds is 4. The van der Waals surface area contributed by atoms with E-state index in [2.05, 4.69) is 0 Å². The second-order valence-electron chi connectivity index (χ2n) is 1.73. The Morgan fingerprint density at radius 3 is 2.60 bits per heavy atom. The SMILES string of the molecule is CSCCC(N)C(=O)O.[Zn+2]. The quantitative estimate of drug-likeness (QED) is 0.654. The summed E-state index contributed by atoms with van der Waals surface area (Å²) in [4.78, 5) is 10.1. The van der Waals surface area contributed by atoms with Crippen molar-refractivity contribution in [3.63, 3.8) is 0 Å². The van der Waals surface area contributed by atoms with Gasteiger partial charge in [-0.2, -0.15) is 11.8 Å². The van der Waals surface area contributed by atoms with Crippen molar-refractivity contribution in [2.45, 2.75) is 12.5 Å². The Morgan fingerprint density at radius 1 is 1.80 bits per heavy atom. The van der Waals surface area contributed by atoms with Gasteiger partial charge in [0.05, 0.1) is 0 Å². The molecule has 3 nitrogen and oxygen atoms in total. The van der Waals surface area contributed by atoms with E-state index in [1.54, 1.807) is 11.8 Å². The van der Waals surface area contributed by atoms with Crippen LogP contribution in [0.3, 0.4) is 0 Å². The Labute approximate surface area is 77.5 Å². The number of hydrogen-bond donors (Lipinski definition) is 2. The summed E-state index contributed by atoms with van der Waals surface area (Å²) in [7, 11) is 0. The van der Waals surface area contributed by atoms with Crippen molar-refractivity contribution in [1.29, 1.82) is 0 Å². The number of hydrogen-bond acceptors (Lipinski definition) is 3. The number of aliphatic carboxylic acids is 1. The molecule has 1 unspecified atom stereocenters. The minimum absolute atomic E-state index is 0. The maximum Gasteiger partial charge on any atom is 2.00 e. The van der Waals surface area contributed by atoms with Crippen LogP contribution in [0.15, 0.2) is 0 Å². The average Bonchev–Trinajstić information content (AvgIpc) is 1.82. The largest absolute Gasteiger partial charge is 2.00 e. The summed E-state index contributed by atoms with van der Waals surface area (Å²) in [5.41, 5.74) is 5.19. The van der Waals surface area contributed by atoms with E-state index in [1.807, 2.05) is 6.26 Å². The van der Waals surface area contributed by atoms with Crippen molar-refractivity contribution in [2.24, 2.45) is 5.73 Å². The van der Waals surface area contributed by atoms with E-state index in [9.17, 15) is 4.79 Å². The molecule has 0 aliphatic carbocycles. The Morgan fingerprint density at radius 2 is 2.30 bits per heavy atom. The monoisotopic (exact) mass is 213 g/mol. The standard InChI is InChI=1S/C5H11NO2S.Zn/c1-9-3-2-4(6)5(7)8;/h4H,2-3,6H2,1H3,(H,7,8);/q;+2. The number of thioether (sulfide) groups is 1. The van der Waals surface area contributed by atoms with Gasteiger partial charge >= 0.3 is 25.4 Å². The predicted octanol–water partition coefficient (Wildman–Crippen LogP) is 0.149. The predicted molar refractivity (Wildman–Crippen MR) is 38.6 cm³/mol. The van der Waals surface area contributed by atoms with Crippen molar-refractivity contribution < 1.29 is 29.4 Å². The first-order valence-electron chi connectivity index (χ1n) is 2.65. The Balaban J connectivity index is 0. The number of nitrogens with two attached hydrogens (primary N) is 1.